The van der Waals surface area contributed by atoms with Crippen molar-refractivity contribution in [3.63, 3.8) is 0 Å². The zero-order valence-electron chi connectivity index (χ0n) is 12.0. The average molecular weight is 345 g/mol. The van der Waals surface area contributed by atoms with Gasteiger partial charge in [-0.1, -0.05) is 23.2 Å². The highest BCUT2D eigenvalue weighted by Gasteiger charge is 2.17. The van der Waals surface area contributed by atoms with Gasteiger partial charge in [0.1, 0.15) is 5.75 Å². The quantitative estimate of drug-likeness (QED) is 0.560. The Morgan fingerprint density at radius 2 is 1.87 bits per heavy atom. The summed E-state index contributed by atoms with van der Waals surface area (Å²) < 4.78 is 1.85. The number of fused-ring (bicyclic) bond motifs is 3. The maximum absolute atomic E-state index is 9.77. The van der Waals surface area contributed by atoms with E-state index in [0.717, 1.165) is 16.7 Å². The molecule has 0 aliphatic rings. The highest BCUT2D eigenvalue weighted by Crippen LogP contribution is 2.32. The first-order valence-electron chi connectivity index (χ1n) is 6.84. The molecule has 0 aliphatic carbocycles. The number of benzene rings is 2. The predicted molar refractivity (Wildman–Crippen MR) is 90.1 cm³/mol. The van der Waals surface area contributed by atoms with Gasteiger partial charge < -0.3 is 5.11 Å². The Morgan fingerprint density at radius 3 is 2.70 bits per heavy atom. The smallest absolute Gasteiger partial charge is 0.183 e. The summed E-state index contributed by atoms with van der Waals surface area (Å²) in [5, 5.41) is 19.3. The summed E-state index contributed by atoms with van der Waals surface area (Å²) >= 11 is 12.4. The van der Waals surface area contributed by atoms with Crippen LogP contribution in [0.1, 0.15) is 5.69 Å². The third kappa shape index (κ3) is 2.20. The van der Waals surface area contributed by atoms with Gasteiger partial charge in [0.05, 0.1) is 21.7 Å². The van der Waals surface area contributed by atoms with Crippen LogP contribution in [0.25, 0.3) is 28.1 Å². The molecule has 0 saturated heterocycles. The number of hydrogen-bond donors (Lipinski definition) is 1. The van der Waals surface area contributed by atoms with Gasteiger partial charge in [0.15, 0.2) is 11.5 Å². The van der Waals surface area contributed by atoms with Gasteiger partial charge in [-0.3, -0.25) is 4.40 Å². The first-order valence-corrected chi connectivity index (χ1v) is 7.60. The third-order valence-corrected chi connectivity index (χ3v) is 4.21. The number of phenols is 1. The molecule has 0 atom stereocenters. The number of nitrogens with zero attached hydrogens (tertiary/aromatic N) is 4. The minimum atomic E-state index is 0.106. The molecule has 1 N–H and O–H groups in total. The second kappa shape index (κ2) is 5.08. The van der Waals surface area contributed by atoms with Gasteiger partial charge in [-0.15, -0.1) is 10.2 Å². The Balaban J connectivity index is 2.18. The van der Waals surface area contributed by atoms with Crippen molar-refractivity contribution in [3.8, 4) is 17.1 Å². The van der Waals surface area contributed by atoms with Crippen molar-refractivity contribution in [1.29, 1.82) is 0 Å². The molecule has 0 bridgehead atoms. The molecule has 0 amide bonds. The zero-order valence-corrected chi connectivity index (χ0v) is 13.5. The summed E-state index contributed by atoms with van der Waals surface area (Å²) in [7, 11) is 0. The fraction of sp³-hybridized carbons (Fsp3) is 0.0625. The van der Waals surface area contributed by atoms with E-state index in [-0.39, 0.29) is 5.75 Å². The lowest BCUT2D eigenvalue weighted by Crippen LogP contribution is -1.97. The van der Waals surface area contributed by atoms with E-state index in [2.05, 4.69) is 15.2 Å². The number of rotatable bonds is 1. The monoisotopic (exact) mass is 344 g/mol. The van der Waals surface area contributed by atoms with E-state index >= 15 is 0 Å². The Hall–Kier alpha value is -2.37. The molecule has 4 aromatic rings. The lowest BCUT2D eigenvalue weighted by atomic mass is 10.2. The Morgan fingerprint density at radius 1 is 1.04 bits per heavy atom. The zero-order chi connectivity index (χ0) is 16.1. The normalized spacial score (nSPS) is 11.4. The van der Waals surface area contributed by atoms with Crippen molar-refractivity contribution >= 4 is 39.9 Å². The topological polar surface area (TPSA) is 63.3 Å². The van der Waals surface area contributed by atoms with Crippen LogP contribution >= 0.6 is 23.2 Å². The largest absolute Gasteiger partial charge is 0.508 e. The van der Waals surface area contributed by atoms with Crippen molar-refractivity contribution in [1.82, 2.24) is 19.6 Å². The van der Waals surface area contributed by atoms with Gasteiger partial charge in [0.25, 0.3) is 0 Å². The van der Waals surface area contributed by atoms with Crippen LogP contribution in [0.5, 0.6) is 5.75 Å². The molecule has 5 nitrogen and oxygen atoms in total. The van der Waals surface area contributed by atoms with E-state index in [1.807, 2.05) is 17.4 Å². The fourth-order valence-corrected chi connectivity index (χ4v) is 2.98. The molecule has 23 heavy (non-hydrogen) atoms. The van der Waals surface area contributed by atoms with Crippen LogP contribution in [0.2, 0.25) is 10.0 Å². The van der Waals surface area contributed by atoms with Gasteiger partial charge in [-0.05, 0) is 43.3 Å². The maximum Gasteiger partial charge on any atom is 0.183 e. The van der Waals surface area contributed by atoms with Crippen LogP contribution < -0.4 is 0 Å². The molecule has 0 aliphatic heterocycles. The third-order valence-electron chi connectivity index (χ3n) is 3.64. The van der Waals surface area contributed by atoms with Crippen molar-refractivity contribution in [2.75, 3.05) is 0 Å². The molecular formula is C16H10Cl2N4O. The first kappa shape index (κ1) is 14.2. The fourth-order valence-electron chi connectivity index (χ4n) is 2.61. The molecule has 2 heterocycles. The molecule has 2 aromatic carbocycles. The van der Waals surface area contributed by atoms with Crippen LogP contribution in [0.15, 0.2) is 36.4 Å². The standard InChI is InChI=1S/C16H10Cl2N4O/c1-8-15-20-21-16(11-7-10(23)3-4-12(11)18)22(15)14-6-9(17)2-5-13(14)19-8/h2-7,23H,1H3. The number of halogens is 2. The van der Waals surface area contributed by atoms with Crippen molar-refractivity contribution in [2.45, 2.75) is 6.92 Å². The first-order chi connectivity index (χ1) is 11.0. The van der Waals surface area contributed by atoms with Crippen molar-refractivity contribution in [3.05, 3.63) is 52.1 Å². The van der Waals surface area contributed by atoms with Crippen molar-refractivity contribution in [2.24, 2.45) is 0 Å². The Labute approximate surface area is 141 Å². The molecule has 7 heteroatoms. The van der Waals surface area contributed by atoms with E-state index < -0.39 is 0 Å². The number of aryl methyl sites for hydroxylation is 1. The Bertz CT molecular complexity index is 1070. The van der Waals surface area contributed by atoms with E-state index in [4.69, 9.17) is 23.2 Å². The summed E-state index contributed by atoms with van der Waals surface area (Å²) in [4.78, 5) is 4.53. The minimum absolute atomic E-state index is 0.106. The molecular weight excluding hydrogens is 335 g/mol. The highest BCUT2D eigenvalue weighted by molar-refractivity contribution is 6.33. The summed E-state index contributed by atoms with van der Waals surface area (Å²) in [6.45, 7) is 1.87. The van der Waals surface area contributed by atoms with Gasteiger partial charge >= 0.3 is 0 Å². The second-order valence-electron chi connectivity index (χ2n) is 5.18. The number of hydrogen-bond acceptors (Lipinski definition) is 4. The average Bonchev–Trinajstić information content (AvgIpc) is 2.96. The van der Waals surface area contributed by atoms with Crippen LogP contribution in [0, 0.1) is 6.92 Å². The molecule has 4 rings (SSSR count). The molecule has 2 aromatic heterocycles. The molecule has 0 fully saturated rings. The van der Waals surface area contributed by atoms with E-state index in [1.54, 1.807) is 24.3 Å². The maximum atomic E-state index is 9.77. The molecule has 0 saturated carbocycles. The summed E-state index contributed by atoms with van der Waals surface area (Å²) in [5.74, 6) is 0.632. The number of phenolic OH excluding ortho intramolecular Hbond substituents is 1. The number of aromatic nitrogens is 4. The van der Waals surface area contributed by atoms with E-state index in [0.29, 0.717) is 27.1 Å². The van der Waals surface area contributed by atoms with Gasteiger partial charge in [-0.25, -0.2) is 4.98 Å². The highest BCUT2D eigenvalue weighted by atomic mass is 35.5. The van der Waals surface area contributed by atoms with Crippen molar-refractivity contribution < 1.29 is 5.11 Å². The van der Waals surface area contributed by atoms with Crippen LogP contribution in [0.4, 0.5) is 0 Å². The van der Waals surface area contributed by atoms with Crippen LogP contribution in [-0.2, 0) is 0 Å². The van der Waals surface area contributed by atoms with Gasteiger partial charge in [0.2, 0.25) is 0 Å². The molecule has 0 spiro atoms. The van der Waals surface area contributed by atoms with Gasteiger partial charge in [0, 0.05) is 10.6 Å². The predicted octanol–water partition coefficient (Wildman–Crippen LogP) is 4.27. The van der Waals surface area contributed by atoms with E-state index in [1.165, 1.54) is 6.07 Å². The number of aromatic hydroxyl groups is 1. The molecule has 0 unspecified atom stereocenters. The second-order valence-corrected chi connectivity index (χ2v) is 6.02. The minimum Gasteiger partial charge on any atom is -0.508 e. The van der Waals surface area contributed by atoms with Crippen LogP contribution in [-0.4, -0.2) is 24.7 Å². The summed E-state index contributed by atoms with van der Waals surface area (Å²) in [6, 6.07) is 10.1. The summed E-state index contributed by atoms with van der Waals surface area (Å²) in [6.07, 6.45) is 0. The van der Waals surface area contributed by atoms with Crippen LogP contribution in [0.3, 0.4) is 0 Å². The lowest BCUT2D eigenvalue weighted by Gasteiger charge is -2.08. The summed E-state index contributed by atoms with van der Waals surface area (Å²) in [5.41, 5.74) is 3.50. The Kier molecular flexibility index (Phi) is 3.14. The lowest BCUT2D eigenvalue weighted by molar-refractivity contribution is 0.475. The molecule has 114 valence electrons. The SMILES string of the molecule is Cc1nc2ccc(Cl)cc2n2c(-c3cc(O)ccc3Cl)nnc12. The van der Waals surface area contributed by atoms with E-state index in [9.17, 15) is 5.11 Å². The van der Waals surface area contributed by atoms with Gasteiger partial charge in [-0.2, -0.15) is 0 Å². The molecule has 0 radical (unpaired) electrons.